The second kappa shape index (κ2) is 6.67. The summed E-state index contributed by atoms with van der Waals surface area (Å²) in [5, 5.41) is 30.0. The largest absolute Gasteiger partial charge is 0.480 e. The van der Waals surface area contributed by atoms with E-state index < -0.39 is 17.6 Å². The number of carbonyl (C=O) groups is 1. The van der Waals surface area contributed by atoms with Gasteiger partial charge in [-0.15, -0.1) is 0 Å². The molecule has 2 aliphatic heterocycles. The number of aliphatic hydroxyl groups excluding tert-OH is 2. The zero-order chi connectivity index (χ0) is 17.6. The van der Waals surface area contributed by atoms with Crippen LogP contribution in [0.15, 0.2) is 12.2 Å². The maximum atomic E-state index is 12.6. The number of nitrogens with zero attached hydrogens (tertiary/aromatic N) is 1. The standard InChI is InChI=1S/C20H31NO4/c22-10-4-8-15-16-11-14-7-3-9-20(19(24)25,13-5-1-2-6-13)21(14)17(16)12-18(15)23/h4,8,13-18,22-23H,1-3,5-7,9-12H2,(H,24,25)/t14?,15-,16-,17-,18-,20?/m1/s1. The lowest BCUT2D eigenvalue weighted by Gasteiger charge is -2.51. The molecule has 0 aromatic heterocycles. The van der Waals surface area contributed by atoms with E-state index >= 15 is 0 Å². The summed E-state index contributed by atoms with van der Waals surface area (Å²) in [6, 6.07) is 0.517. The Bertz CT molecular complexity index is 544. The summed E-state index contributed by atoms with van der Waals surface area (Å²) in [5.41, 5.74) is -0.714. The van der Waals surface area contributed by atoms with Crippen molar-refractivity contribution in [3.63, 3.8) is 0 Å². The van der Waals surface area contributed by atoms with Gasteiger partial charge in [-0.2, -0.15) is 0 Å². The molecule has 4 rings (SSSR count). The van der Waals surface area contributed by atoms with Gasteiger partial charge in [0, 0.05) is 18.0 Å². The molecule has 0 spiro atoms. The predicted molar refractivity (Wildman–Crippen MR) is 94.0 cm³/mol. The van der Waals surface area contributed by atoms with Gasteiger partial charge in [-0.05, 0) is 56.8 Å². The molecule has 2 aliphatic carbocycles. The van der Waals surface area contributed by atoms with Crippen LogP contribution in [0.1, 0.15) is 57.8 Å². The van der Waals surface area contributed by atoms with Gasteiger partial charge in [-0.1, -0.05) is 25.0 Å². The highest BCUT2D eigenvalue weighted by Gasteiger charge is 2.63. The van der Waals surface area contributed by atoms with Crippen LogP contribution in [0.2, 0.25) is 0 Å². The molecule has 140 valence electrons. The zero-order valence-electron chi connectivity index (χ0n) is 14.9. The minimum Gasteiger partial charge on any atom is -0.480 e. The van der Waals surface area contributed by atoms with Crippen molar-refractivity contribution in [2.45, 2.75) is 81.5 Å². The molecule has 5 nitrogen and oxygen atoms in total. The SMILES string of the molecule is O=C(O)C1(C2CCCC2)CCCC2C[C@@H]3[C@@H](C=CCO)[C@H](O)C[C@H]3N21. The first-order valence-electron chi connectivity index (χ1n) is 10.1. The lowest BCUT2D eigenvalue weighted by molar-refractivity contribution is -0.164. The molecule has 0 aromatic rings. The number of hydrogen-bond donors (Lipinski definition) is 3. The van der Waals surface area contributed by atoms with Gasteiger partial charge in [-0.25, -0.2) is 0 Å². The molecule has 0 radical (unpaired) electrons. The van der Waals surface area contributed by atoms with Crippen molar-refractivity contribution in [1.82, 2.24) is 4.90 Å². The van der Waals surface area contributed by atoms with Crippen LogP contribution < -0.4 is 0 Å². The van der Waals surface area contributed by atoms with E-state index in [1.807, 2.05) is 6.08 Å². The average Bonchev–Trinajstić information content (AvgIpc) is 3.29. The van der Waals surface area contributed by atoms with Crippen LogP contribution in [0.5, 0.6) is 0 Å². The summed E-state index contributed by atoms with van der Waals surface area (Å²) in [6.45, 7) is -0.00507. The van der Waals surface area contributed by atoms with E-state index in [1.165, 1.54) is 0 Å². The number of aliphatic carboxylic acids is 1. The Balaban J connectivity index is 1.68. The van der Waals surface area contributed by atoms with Crippen molar-refractivity contribution in [3.8, 4) is 0 Å². The number of fused-ring (bicyclic) bond motifs is 3. The van der Waals surface area contributed by atoms with Gasteiger partial charge in [0.25, 0.3) is 0 Å². The molecule has 3 N–H and O–H groups in total. The molecule has 4 fully saturated rings. The summed E-state index contributed by atoms with van der Waals surface area (Å²) < 4.78 is 0. The Labute approximate surface area is 149 Å². The molecular formula is C20H31NO4. The predicted octanol–water partition coefficient (Wildman–Crippen LogP) is 2.17. The molecule has 0 amide bonds. The Morgan fingerprint density at radius 2 is 1.92 bits per heavy atom. The Kier molecular flexibility index (Phi) is 4.67. The summed E-state index contributed by atoms with van der Waals surface area (Å²) in [7, 11) is 0. The molecule has 2 heterocycles. The highest BCUT2D eigenvalue weighted by Crippen LogP contribution is 2.55. The number of carboxylic acids is 1. The van der Waals surface area contributed by atoms with Crippen molar-refractivity contribution in [2.75, 3.05) is 6.61 Å². The van der Waals surface area contributed by atoms with Crippen LogP contribution in [0.25, 0.3) is 0 Å². The van der Waals surface area contributed by atoms with Crippen LogP contribution >= 0.6 is 0 Å². The van der Waals surface area contributed by atoms with Gasteiger partial charge < -0.3 is 15.3 Å². The molecule has 25 heavy (non-hydrogen) atoms. The molecule has 5 heteroatoms. The zero-order valence-corrected chi connectivity index (χ0v) is 14.9. The second-order valence-electron chi connectivity index (χ2n) is 8.62. The van der Waals surface area contributed by atoms with Gasteiger partial charge in [0.1, 0.15) is 5.54 Å². The highest BCUT2D eigenvalue weighted by molar-refractivity contribution is 5.80. The van der Waals surface area contributed by atoms with Gasteiger partial charge >= 0.3 is 5.97 Å². The molecular weight excluding hydrogens is 318 g/mol. The number of hydrogen-bond acceptors (Lipinski definition) is 4. The molecule has 4 aliphatic rings. The monoisotopic (exact) mass is 349 g/mol. The fourth-order valence-corrected chi connectivity index (χ4v) is 6.77. The number of carboxylic acid groups (broad SMARTS) is 1. The van der Waals surface area contributed by atoms with Crippen LogP contribution in [-0.4, -0.2) is 56.5 Å². The van der Waals surface area contributed by atoms with E-state index in [0.29, 0.717) is 18.4 Å². The Hall–Kier alpha value is -0.910. The third kappa shape index (κ3) is 2.58. The maximum absolute atomic E-state index is 12.6. The first-order valence-corrected chi connectivity index (χ1v) is 10.1. The fraction of sp³-hybridized carbons (Fsp3) is 0.850. The van der Waals surface area contributed by atoms with E-state index in [4.69, 9.17) is 5.11 Å². The average molecular weight is 349 g/mol. The summed E-state index contributed by atoms with van der Waals surface area (Å²) in [5.74, 6) is 0.00293. The van der Waals surface area contributed by atoms with Gasteiger partial charge in [0.05, 0.1) is 12.7 Å². The topological polar surface area (TPSA) is 81.0 Å². The van der Waals surface area contributed by atoms with Crippen molar-refractivity contribution in [2.24, 2.45) is 17.8 Å². The van der Waals surface area contributed by atoms with E-state index in [0.717, 1.165) is 51.4 Å². The maximum Gasteiger partial charge on any atom is 0.324 e. The smallest absolute Gasteiger partial charge is 0.324 e. The lowest BCUT2D eigenvalue weighted by Crippen LogP contribution is -2.65. The van der Waals surface area contributed by atoms with Crippen LogP contribution in [0, 0.1) is 17.8 Å². The van der Waals surface area contributed by atoms with E-state index in [-0.39, 0.29) is 24.5 Å². The highest BCUT2D eigenvalue weighted by atomic mass is 16.4. The van der Waals surface area contributed by atoms with E-state index in [2.05, 4.69) is 4.90 Å². The number of rotatable bonds is 4. The van der Waals surface area contributed by atoms with Crippen molar-refractivity contribution >= 4 is 5.97 Å². The van der Waals surface area contributed by atoms with Gasteiger partial charge in [0.15, 0.2) is 0 Å². The summed E-state index contributed by atoms with van der Waals surface area (Å²) >= 11 is 0. The van der Waals surface area contributed by atoms with Crippen LogP contribution in [0.3, 0.4) is 0 Å². The molecule has 0 aromatic carbocycles. The van der Waals surface area contributed by atoms with Crippen molar-refractivity contribution < 1.29 is 20.1 Å². The first-order chi connectivity index (χ1) is 12.1. The van der Waals surface area contributed by atoms with Gasteiger partial charge in [-0.3, -0.25) is 9.69 Å². The minimum absolute atomic E-state index is 0.00507. The molecule has 2 saturated heterocycles. The van der Waals surface area contributed by atoms with Gasteiger partial charge in [0.2, 0.25) is 0 Å². The van der Waals surface area contributed by atoms with E-state index in [9.17, 15) is 15.0 Å². The van der Waals surface area contributed by atoms with Crippen LogP contribution in [0.4, 0.5) is 0 Å². The fourth-order valence-electron chi connectivity index (χ4n) is 6.77. The molecule has 2 saturated carbocycles. The lowest BCUT2D eigenvalue weighted by atomic mass is 9.73. The third-order valence-corrected chi connectivity index (χ3v) is 7.63. The quantitative estimate of drug-likeness (QED) is 0.678. The summed E-state index contributed by atoms with van der Waals surface area (Å²) in [6.07, 6.45) is 12.1. The second-order valence-corrected chi connectivity index (χ2v) is 8.62. The van der Waals surface area contributed by atoms with Crippen molar-refractivity contribution in [1.29, 1.82) is 0 Å². The Morgan fingerprint density at radius 3 is 2.60 bits per heavy atom. The Morgan fingerprint density at radius 1 is 1.16 bits per heavy atom. The number of piperidine rings is 1. The van der Waals surface area contributed by atoms with Crippen LogP contribution in [-0.2, 0) is 4.79 Å². The number of aliphatic hydroxyl groups is 2. The van der Waals surface area contributed by atoms with E-state index in [1.54, 1.807) is 6.08 Å². The normalized spacial score (nSPS) is 45.1. The molecule has 0 bridgehead atoms. The minimum atomic E-state index is -0.714. The summed E-state index contributed by atoms with van der Waals surface area (Å²) in [4.78, 5) is 14.9. The van der Waals surface area contributed by atoms with Crippen molar-refractivity contribution in [3.05, 3.63) is 12.2 Å². The first kappa shape index (κ1) is 17.5. The molecule has 2 unspecified atom stereocenters. The third-order valence-electron chi connectivity index (χ3n) is 7.63. The molecule has 6 atom stereocenters.